The minimum Gasteiger partial charge on any atom is -0.466 e. The minimum atomic E-state index is -0.312. The fourth-order valence-electron chi connectivity index (χ4n) is 1.92. The third-order valence-corrected chi connectivity index (χ3v) is 2.78. The van der Waals surface area contributed by atoms with E-state index in [2.05, 4.69) is 10.1 Å². The summed E-state index contributed by atoms with van der Waals surface area (Å²) in [6.07, 6.45) is 2.43. The van der Waals surface area contributed by atoms with Crippen molar-refractivity contribution in [3.8, 4) is 0 Å². The lowest BCUT2D eigenvalue weighted by Crippen LogP contribution is -2.28. The number of esters is 1. The second kappa shape index (κ2) is 5.10. The zero-order valence-electron chi connectivity index (χ0n) is 9.57. The van der Waals surface area contributed by atoms with E-state index in [4.69, 9.17) is 0 Å². The van der Waals surface area contributed by atoms with E-state index in [1.165, 1.54) is 19.2 Å². The summed E-state index contributed by atoms with van der Waals surface area (Å²) < 4.78 is 17.8. The minimum absolute atomic E-state index is 0.131. The normalized spacial score (nSPS) is 19.6. The maximum atomic E-state index is 13.1. The van der Waals surface area contributed by atoms with Crippen molar-refractivity contribution in [2.24, 2.45) is 0 Å². The molecular formula is C13H14FNO2. The van der Waals surface area contributed by atoms with Gasteiger partial charge in [0.05, 0.1) is 13.2 Å². The Morgan fingerprint density at radius 3 is 3.06 bits per heavy atom. The molecule has 2 rings (SSSR count). The average Bonchev–Trinajstić information content (AvgIpc) is 2.38. The second-order valence-electron chi connectivity index (χ2n) is 3.92. The maximum absolute atomic E-state index is 13.1. The molecule has 1 aliphatic rings. The number of carbonyl (C=O) groups excluding carboxylic acids is 1. The topological polar surface area (TPSA) is 38.3 Å². The second-order valence-corrected chi connectivity index (χ2v) is 3.92. The third-order valence-electron chi connectivity index (χ3n) is 2.78. The first-order valence-electron chi connectivity index (χ1n) is 5.48. The van der Waals surface area contributed by atoms with Gasteiger partial charge in [0.25, 0.3) is 0 Å². The van der Waals surface area contributed by atoms with Crippen molar-refractivity contribution >= 4 is 5.97 Å². The van der Waals surface area contributed by atoms with E-state index in [1.807, 2.05) is 6.07 Å². The zero-order chi connectivity index (χ0) is 12.3. The SMILES string of the molecule is COC(=O)C1=CC(c2cccc(F)c2)NCC1. The molecule has 1 unspecified atom stereocenters. The van der Waals surface area contributed by atoms with Gasteiger partial charge in [-0.2, -0.15) is 0 Å². The fraction of sp³-hybridized carbons (Fsp3) is 0.308. The van der Waals surface area contributed by atoms with Gasteiger partial charge in [-0.25, -0.2) is 9.18 Å². The van der Waals surface area contributed by atoms with E-state index < -0.39 is 0 Å². The Balaban J connectivity index is 2.25. The van der Waals surface area contributed by atoms with Crippen molar-refractivity contribution < 1.29 is 13.9 Å². The Morgan fingerprint density at radius 2 is 2.35 bits per heavy atom. The van der Waals surface area contributed by atoms with E-state index in [1.54, 1.807) is 12.1 Å². The molecule has 17 heavy (non-hydrogen) atoms. The average molecular weight is 235 g/mol. The highest BCUT2D eigenvalue weighted by molar-refractivity contribution is 5.88. The van der Waals surface area contributed by atoms with Crippen molar-refractivity contribution in [1.82, 2.24) is 5.32 Å². The lowest BCUT2D eigenvalue weighted by atomic mass is 9.98. The number of halogens is 1. The predicted octanol–water partition coefficient (Wildman–Crippen LogP) is 1.96. The van der Waals surface area contributed by atoms with E-state index in [0.29, 0.717) is 18.5 Å². The Hall–Kier alpha value is -1.68. The van der Waals surface area contributed by atoms with E-state index in [-0.39, 0.29) is 17.8 Å². The summed E-state index contributed by atoms with van der Waals surface area (Å²) in [6.45, 7) is 0.683. The lowest BCUT2D eigenvalue weighted by Gasteiger charge is -2.22. The Kier molecular flexibility index (Phi) is 3.54. The number of hydrogen-bond donors (Lipinski definition) is 1. The largest absolute Gasteiger partial charge is 0.466 e. The van der Waals surface area contributed by atoms with Crippen LogP contribution in [0.4, 0.5) is 4.39 Å². The third kappa shape index (κ3) is 2.71. The van der Waals surface area contributed by atoms with Crippen LogP contribution in [0.15, 0.2) is 35.9 Å². The van der Waals surface area contributed by atoms with Gasteiger partial charge in [0, 0.05) is 12.1 Å². The summed E-state index contributed by atoms with van der Waals surface area (Å²) in [6, 6.07) is 6.23. The van der Waals surface area contributed by atoms with Crippen molar-refractivity contribution in [3.05, 3.63) is 47.3 Å². The van der Waals surface area contributed by atoms with Crippen LogP contribution in [0, 0.1) is 5.82 Å². The summed E-state index contributed by atoms with van der Waals surface area (Å²) in [4.78, 5) is 11.4. The van der Waals surface area contributed by atoms with E-state index in [0.717, 1.165) is 5.56 Å². The molecule has 0 spiro atoms. The summed E-state index contributed by atoms with van der Waals surface area (Å²) in [5, 5.41) is 3.22. The molecule has 1 aliphatic heterocycles. The van der Waals surface area contributed by atoms with Crippen LogP contribution >= 0.6 is 0 Å². The van der Waals surface area contributed by atoms with Crippen LogP contribution in [0.3, 0.4) is 0 Å². The first kappa shape index (κ1) is 11.8. The highest BCUT2D eigenvalue weighted by Crippen LogP contribution is 2.22. The molecule has 1 N–H and O–H groups in total. The van der Waals surface area contributed by atoms with Crippen LogP contribution in [0.1, 0.15) is 18.0 Å². The highest BCUT2D eigenvalue weighted by Gasteiger charge is 2.19. The quantitative estimate of drug-likeness (QED) is 0.796. The molecule has 0 radical (unpaired) electrons. The Morgan fingerprint density at radius 1 is 1.53 bits per heavy atom. The number of rotatable bonds is 2. The van der Waals surface area contributed by atoms with Crippen LogP contribution in [-0.2, 0) is 9.53 Å². The molecule has 0 aromatic heterocycles. The van der Waals surface area contributed by atoms with Crippen LogP contribution in [0.2, 0.25) is 0 Å². The molecule has 0 amide bonds. The molecule has 0 saturated heterocycles. The molecule has 90 valence electrons. The molecular weight excluding hydrogens is 221 g/mol. The van der Waals surface area contributed by atoms with Crippen LogP contribution in [0.5, 0.6) is 0 Å². The maximum Gasteiger partial charge on any atom is 0.333 e. The van der Waals surface area contributed by atoms with Crippen molar-refractivity contribution in [2.75, 3.05) is 13.7 Å². The van der Waals surface area contributed by atoms with Gasteiger partial charge in [-0.1, -0.05) is 18.2 Å². The van der Waals surface area contributed by atoms with Gasteiger partial charge in [0.2, 0.25) is 0 Å². The molecule has 0 aliphatic carbocycles. The molecule has 1 atom stereocenters. The number of benzene rings is 1. The van der Waals surface area contributed by atoms with Crippen molar-refractivity contribution in [3.63, 3.8) is 0 Å². The van der Waals surface area contributed by atoms with Gasteiger partial charge in [-0.3, -0.25) is 0 Å². The summed E-state index contributed by atoms with van der Waals surface area (Å²) in [5.74, 6) is -0.587. The van der Waals surface area contributed by atoms with Crippen LogP contribution in [0.25, 0.3) is 0 Å². The number of ether oxygens (including phenoxy) is 1. The number of methoxy groups -OCH3 is 1. The Labute approximate surface area is 99.3 Å². The molecule has 0 fully saturated rings. The Bertz CT molecular complexity index is 456. The van der Waals surface area contributed by atoms with Gasteiger partial charge in [-0.15, -0.1) is 0 Å². The summed E-state index contributed by atoms with van der Waals surface area (Å²) in [7, 11) is 1.36. The molecule has 1 aromatic carbocycles. The number of nitrogens with one attached hydrogen (secondary N) is 1. The first-order valence-corrected chi connectivity index (χ1v) is 5.48. The van der Waals surface area contributed by atoms with Crippen LogP contribution in [-0.4, -0.2) is 19.6 Å². The van der Waals surface area contributed by atoms with Crippen LogP contribution < -0.4 is 5.32 Å². The van der Waals surface area contributed by atoms with Gasteiger partial charge >= 0.3 is 5.97 Å². The smallest absolute Gasteiger partial charge is 0.333 e. The standard InChI is InChI=1S/C13H14FNO2/c1-17-13(16)10-5-6-15-12(8-10)9-3-2-4-11(14)7-9/h2-4,7-8,12,15H,5-6H2,1H3. The molecule has 1 heterocycles. The van der Waals surface area contributed by atoms with Crippen molar-refractivity contribution in [1.29, 1.82) is 0 Å². The van der Waals surface area contributed by atoms with Crippen molar-refractivity contribution in [2.45, 2.75) is 12.5 Å². The summed E-state index contributed by atoms with van der Waals surface area (Å²) in [5.41, 5.74) is 1.45. The van der Waals surface area contributed by atoms with E-state index >= 15 is 0 Å². The predicted molar refractivity (Wildman–Crippen MR) is 61.9 cm³/mol. The molecule has 1 aromatic rings. The molecule has 0 bridgehead atoms. The lowest BCUT2D eigenvalue weighted by molar-refractivity contribution is -0.136. The fourth-order valence-corrected chi connectivity index (χ4v) is 1.92. The summed E-state index contributed by atoms with van der Waals surface area (Å²) >= 11 is 0. The number of carbonyl (C=O) groups is 1. The zero-order valence-corrected chi connectivity index (χ0v) is 9.57. The molecule has 3 nitrogen and oxygen atoms in total. The first-order chi connectivity index (χ1) is 8.20. The molecule has 4 heteroatoms. The van der Waals surface area contributed by atoms with Gasteiger partial charge in [-0.05, 0) is 24.1 Å². The molecule has 0 saturated carbocycles. The highest BCUT2D eigenvalue weighted by atomic mass is 19.1. The van der Waals surface area contributed by atoms with Gasteiger partial charge in [0.1, 0.15) is 5.82 Å². The van der Waals surface area contributed by atoms with E-state index in [9.17, 15) is 9.18 Å². The van der Waals surface area contributed by atoms with Gasteiger partial charge < -0.3 is 10.1 Å². The number of hydrogen-bond acceptors (Lipinski definition) is 3. The monoisotopic (exact) mass is 235 g/mol. The van der Waals surface area contributed by atoms with Gasteiger partial charge in [0.15, 0.2) is 0 Å².